The van der Waals surface area contributed by atoms with E-state index < -0.39 is 6.10 Å². The number of nitrogens with zero attached hydrogens (tertiary/aromatic N) is 4. The number of aromatic nitrogens is 2. The van der Waals surface area contributed by atoms with Gasteiger partial charge in [0.25, 0.3) is 5.91 Å². The molecule has 3 N–H and O–H groups in total. The van der Waals surface area contributed by atoms with Crippen molar-refractivity contribution in [3.8, 4) is 5.75 Å². The molecule has 4 heterocycles. The van der Waals surface area contributed by atoms with E-state index in [-0.39, 0.29) is 43.3 Å². The van der Waals surface area contributed by atoms with Crippen molar-refractivity contribution in [3.05, 3.63) is 71.1 Å². The molecular formula is C33H46N6O5S. The fourth-order valence-corrected chi connectivity index (χ4v) is 5.68. The molecule has 0 bridgehead atoms. The fourth-order valence-electron chi connectivity index (χ4n) is 5.68. The van der Waals surface area contributed by atoms with Crippen LogP contribution in [0.25, 0.3) is 0 Å². The first kappa shape index (κ1) is 34.3. The first-order chi connectivity index (χ1) is 21.0. The summed E-state index contributed by atoms with van der Waals surface area (Å²) in [5.74, 6) is 2.07. The SMILES string of the molecule is Cc1ncoc1COc1ccc2c(c1)CCN(C[C@@H](O)CNC(=O)c1ccnc(NC3CCN(C(=O)C(C)(C)C)CC3)c1)C2.S. The molecule has 0 aliphatic carbocycles. The Bertz CT molecular complexity index is 1450. The molecule has 11 nitrogen and oxygen atoms in total. The number of benzene rings is 1. The molecule has 5 rings (SSSR count). The lowest BCUT2D eigenvalue weighted by atomic mass is 9.93. The maximum Gasteiger partial charge on any atom is 0.251 e. The van der Waals surface area contributed by atoms with Crippen LogP contribution in [0, 0.1) is 12.3 Å². The number of aliphatic hydroxyl groups is 1. The van der Waals surface area contributed by atoms with E-state index in [1.807, 2.05) is 38.7 Å². The van der Waals surface area contributed by atoms with E-state index in [2.05, 4.69) is 37.6 Å². The summed E-state index contributed by atoms with van der Waals surface area (Å²) >= 11 is 0. The number of piperidine rings is 1. The van der Waals surface area contributed by atoms with Crippen molar-refractivity contribution < 1.29 is 23.8 Å². The molecule has 0 unspecified atom stereocenters. The Morgan fingerprint density at radius 3 is 2.60 bits per heavy atom. The summed E-state index contributed by atoms with van der Waals surface area (Å²) in [5.41, 5.74) is 3.38. The summed E-state index contributed by atoms with van der Waals surface area (Å²) in [6, 6.07) is 9.69. The largest absolute Gasteiger partial charge is 0.486 e. The molecule has 1 saturated heterocycles. The lowest BCUT2D eigenvalue weighted by molar-refractivity contribution is -0.140. The first-order valence-corrected chi connectivity index (χ1v) is 15.4. The van der Waals surface area contributed by atoms with E-state index in [9.17, 15) is 14.7 Å². The molecule has 244 valence electrons. The second-order valence-corrected chi connectivity index (χ2v) is 12.8. The number of carbonyl (C=O) groups is 2. The standard InChI is InChI=1S/C33H44N6O5.H2S/c1-22-29(44-21-36-22)20-43-28-6-5-25-18-38(12-8-23(25)15-28)19-27(40)17-35-31(41)24-7-11-34-30(16-24)37-26-9-13-39(14-10-26)32(42)33(2,3)4;/h5-7,11,15-16,21,26-27,40H,8-10,12-14,17-20H2,1-4H3,(H,34,37)(H,35,41);1H2/t27-;/m0./s1. The number of ether oxygens (including phenoxy) is 1. The molecule has 1 fully saturated rings. The van der Waals surface area contributed by atoms with Crippen molar-refractivity contribution in [2.24, 2.45) is 5.41 Å². The van der Waals surface area contributed by atoms with E-state index in [1.54, 1.807) is 18.3 Å². The molecule has 2 aliphatic heterocycles. The number of carbonyl (C=O) groups excluding carboxylic acids is 2. The van der Waals surface area contributed by atoms with Gasteiger partial charge in [-0.25, -0.2) is 9.97 Å². The van der Waals surface area contributed by atoms with Crippen molar-refractivity contribution in [1.82, 2.24) is 25.1 Å². The molecule has 3 aromatic rings. The van der Waals surface area contributed by atoms with Gasteiger partial charge in [-0.1, -0.05) is 26.8 Å². The van der Waals surface area contributed by atoms with Crippen LogP contribution in [0.3, 0.4) is 0 Å². The Hall–Kier alpha value is -3.61. The number of amides is 2. The van der Waals surface area contributed by atoms with Crippen LogP contribution in [-0.2, 0) is 24.4 Å². The van der Waals surface area contributed by atoms with Crippen LogP contribution in [0.4, 0.5) is 5.82 Å². The summed E-state index contributed by atoms with van der Waals surface area (Å²) in [7, 11) is 0. The Balaban J connectivity index is 0.00000461. The van der Waals surface area contributed by atoms with Crippen LogP contribution < -0.4 is 15.4 Å². The van der Waals surface area contributed by atoms with Crippen LogP contribution in [0.15, 0.2) is 47.3 Å². The highest BCUT2D eigenvalue weighted by molar-refractivity contribution is 7.59. The lowest BCUT2D eigenvalue weighted by Crippen LogP contribution is -2.46. The van der Waals surface area contributed by atoms with Gasteiger partial charge >= 0.3 is 0 Å². The monoisotopic (exact) mass is 638 g/mol. The Morgan fingerprint density at radius 1 is 1.11 bits per heavy atom. The van der Waals surface area contributed by atoms with Gasteiger partial charge in [0.15, 0.2) is 12.2 Å². The molecule has 45 heavy (non-hydrogen) atoms. The smallest absolute Gasteiger partial charge is 0.251 e. The lowest BCUT2D eigenvalue weighted by Gasteiger charge is -2.36. The zero-order valence-corrected chi connectivity index (χ0v) is 27.6. The van der Waals surface area contributed by atoms with Crippen molar-refractivity contribution in [2.75, 3.05) is 38.0 Å². The normalized spacial score (nSPS) is 16.3. The maximum atomic E-state index is 12.9. The zero-order chi connectivity index (χ0) is 31.3. The predicted octanol–water partition coefficient (Wildman–Crippen LogP) is 3.67. The molecule has 0 saturated carbocycles. The highest BCUT2D eigenvalue weighted by Gasteiger charge is 2.30. The van der Waals surface area contributed by atoms with Gasteiger partial charge in [-0.2, -0.15) is 13.5 Å². The van der Waals surface area contributed by atoms with E-state index >= 15 is 0 Å². The maximum absolute atomic E-state index is 12.9. The van der Waals surface area contributed by atoms with E-state index in [0.717, 1.165) is 49.6 Å². The van der Waals surface area contributed by atoms with Gasteiger partial charge in [-0.3, -0.25) is 14.5 Å². The molecule has 12 heteroatoms. The summed E-state index contributed by atoms with van der Waals surface area (Å²) < 4.78 is 11.2. The number of hydrogen-bond acceptors (Lipinski definition) is 9. The Kier molecular flexibility index (Phi) is 11.5. The number of nitrogens with one attached hydrogen (secondary N) is 2. The minimum absolute atomic E-state index is 0. The number of aryl methyl sites for hydroxylation is 1. The van der Waals surface area contributed by atoms with Crippen molar-refractivity contribution >= 4 is 31.1 Å². The quantitative estimate of drug-likeness (QED) is 0.304. The summed E-state index contributed by atoms with van der Waals surface area (Å²) in [6.45, 7) is 11.6. The average Bonchev–Trinajstić information content (AvgIpc) is 3.42. The van der Waals surface area contributed by atoms with Gasteiger partial charge in [0.2, 0.25) is 5.91 Å². The number of β-amino-alcohol motifs (C(OH)–C–C–N with tert-alkyl or cyclic N) is 1. The van der Waals surface area contributed by atoms with Gasteiger partial charge in [0, 0.05) is 62.5 Å². The summed E-state index contributed by atoms with van der Waals surface area (Å²) in [6.07, 6.45) is 4.84. The van der Waals surface area contributed by atoms with Crippen LogP contribution in [0.1, 0.15) is 66.6 Å². The van der Waals surface area contributed by atoms with Gasteiger partial charge < -0.3 is 29.8 Å². The molecule has 0 radical (unpaired) electrons. The molecule has 2 aliphatic rings. The van der Waals surface area contributed by atoms with Crippen molar-refractivity contribution in [2.45, 2.75) is 72.3 Å². The molecule has 2 aromatic heterocycles. The Morgan fingerprint density at radius 2 is 1.89 bits per heavy atom. The second-order valence-electron chi connectivity index (χ2n) is 12.8. The molecule has 0 spiro atoms. The van der Waals surface area contributed by atoms with E-state index in [1.165, 1.54) is 17.5 Å². The van der Waals surface area contributed by atoms with Crippen LogP contribution in [-0.4, -0.2) is 81.6 Å². The van der Waals surface area contributed by atoms with Crippen LogP contribution in [0.5, 0.6) is 5.75 Å². The topological polar surface area (TPSA) is 133 Å². The highest BCUT2D eigenvalue weighted by Crippen LogP contribution is 2.25. The first-order valence-electron chi connectivity index (χ1n) is 15.4. The number of pyridine rings is 1. The number of likely N-dealkylation sites (tertiary alicyclic amines) is 1. The van der Waals surface area contributed by atoms with Crippen LogP contribution >= 0.6 is 13.5 Å². The zero-order valence-electron chi connectivity index (χ0n) is 26.6. The summed E-state index contributed by atoms with van der Waals surface area (Å²) in [5, 5.41) is 17.0. The van der Waals surface area contributed by atoms with Crippen molar-refractivity contribution in [1.29, 1.82) is 0 Å². The van der Waals surface area contributed by atoms with Gasteiger partial charge in [0.1, 0.15) is 18.2 Å². The molecule has 1 aromatic carbocycles. The van der Waals surface area contributed by atoms with Gasteiger partial charge in [0.05, 0.1) is 11.8 Å². The average molecular weight is 639 g/mol. The third kappa shape index (κ3) is 9.21. The fraction of sp³-hybridized carbons (Fsp3) is 0.515. The highest BCUT2D eigenvalue weighted by atomic mass is 32.1. The number of rotatable bonds is 10. The number of hydrogen-bond donors (Lipinski definition) is 3. The van der Waals surface area contributed by atoms with Crippen LogP contribution in [0.2, 0.25) is 0 Å². The van der Waals surface area contributed by atoms with Gasteiger partial charge in [-0.05, 0) is 61.6 Å². The van der Waals surface area contributed by atoms with E-state index in [4.69, 9.17) is 9.15 Å². The third-order valence-electron chi connectivity index (χ3n) is 8.25. The number of oxazole rings is 1. The molecule has 2 amide bonds. The minimum atomic E-state index is -0.700. The van der Waals surface area contributed by atoms with Gasteiger partial charge in [-0.15, -0.1) is 0 Å². The number of fused-ring (bicyclic) bond motifs is 1. The third-order valence-corrected chi connectivity index (χ3v) is 8.25. The Labute approximate surface area is 272 Å². The predicted molar refractivity (Wildman–Crippen MR) is 177 cm³/mol. The molecule has 1 atom stereocenters. The van der Waals surface area contributed by atoms with Crippen molar-refractivity contribution in [3.63, 3.8) is 0 Å². The number of aliphatic hydroxyl groups excluding tert-OH is 1. The van der Waals surface area contributed by atoms with E-state index in [0.29, 0.717) is 37.6 Å². The molecular weight excluding hydrogens is 592 g/mol. The summed E-state index contributed by atoms with van der Waals surface area (Å²) in [4.78, 5) is 38.1. The minimum Gasteiger partial charge on any atom is -0.486 e. The second kappa shape index (κ2) is 15.1. The number of anilines is 1.